The molecule has 0 saturated carbocycles. The minimum absolute atomic E-state index is 0.197. The molecule has 0 spiro atoms. The molecule has 4 heteroatoms. The molecule has 1 aliphatic carbocycles. The number of anilines is 1. The Balaban J connectivity index is 2.05. The van der Waals surface area contributed by atoms with E-state index in [0.29, 0.717) is 12.1 Å². The van der Waals surface area contributed by atoms with Crippen molar-refractivity contribution in [2.45, 2.75) is 19.1 Å². The predicted molar refractivity (Wildman–Crippen MR) is 73.0 cm³/mol. The molecule has 0 fully saturated rings. The average molecular weight is 257 g/mol. The summed E-state index contributed by atoms with van der Waals surface area (Å²) in [6, 6.07) is 7.62. The maximum Gasteiger partial charge on any atom is 0.200 e. The van der Waals surface area contributed by atoms with E-state index in [2.05, 4.69) is 0 Å². The number of aliphatic hydroxyl groups excluding tert-OH is 2. The molecular weight excluding hydrogens is 242 g/mol. The van der Waals surface area contributed by atoms with Gasteiger partial charge in [0.2, 0.25) is 5.78 Å². The van der Waals surface area contributed by atoms with Crippen LogP contribution in [-0.4, -0.2) is 34.7 Å². The molecule has 0 radical (unpaired) electrons. The second kappa shape index (κ2) is 4.24. The molecular formula is C15H15NO3. The molecule has 0 bridgehead atoms. The van der Waals surface area contributed by atoms with Gasteiger partial charge in [-0.15, -0.1) is 0 Å². The number of likely N-dealkylation sites (N-methyl/N-ethyl adjacent to an activating group) is 1. The molecule has 19 heavy (non-hydrogen) atoms. The summed E-state index contributed by atoms with van der Waals surface area (Å²) in [5.74, 6) is -0.581. The smallest absolute Gasteiger partial charge is 0.200 e. The molecule has 1 aromatic carbocycles. The van der Waals surface area contributed by atoms with E-state index >= 15 is 0 Å². The Kier molecular flexibility index (Phi) is 2.68. The Bertz CT molecular complexity index is 603. The van der Waals surface area contributed by atoms with Crippen LogP contribution in [0.4, 0.5) is 5.69 Å². The summed E-state index contributed by atoms with van der Waals surface area (Å²) in [5.41, 5.74) is 2.43. The molecule has 0 aromatic heterocycles. The van der Waals surface area contributed by atoms with Crippen molar-refractivity contribution in [3.05, 3.63) is 47.2 Å². The standard InChI is InChI=1S/C15H15NO3/c1-2-16-10-6-4-3-5-9(10)7-8-11(16)12-13(17)15(19)14(12)18/h3-8,11,15,17,19H,2H2,1H3. The molecule has 98 valence electrons. The number of nitrogens with zero attached hydrogens (tertiary/aromatic N) is 1. The Morgan fingerprint density at radius 3 is 2.74 bits per heavy atom. The van der Waals surface area contributed by atoms with Crippen LogP contribution < -0.4 is 4.90 Å². The largest absolute Gasteiger partial charge is 0.509 e. The van der Waals surface area contributed by atoms with Gasteiger partial charge in [0.25, 0.3) is 0 Å². The summed E-state index contributed by atoms with van der Waals surface area (Å²) < 4.78 is 0. The normalized spacial score (nSPS) is 25.4. The summed E-state index contributed by atoms with van der Waals surface area (Å²) in [5, 5.41) is 19.0. The number of benzene rings is 1. The minimum atomic E-state index is -1.33. The number of aliphatic hydroxyl groups is 2. The quantitative estimate of drug-likeness (QED) is 0.846. The van der Waals surface area contributed by atoms with E-state index in [1.165, 1.54) is 0 Å². The van der Waals surface area contributed by atoms with E-state index in [9.17, 15) is 15.0 Å². The molecule has 1 aliphatic heterocycles. The van der Waals surface area contributed by atoms with Gasteiger partial charge < -0.3 is 15.1 Å². The molecule has 1 heterocycles. The first-order valence-electron chi connectivity index (χ1n) is 6.34. The zero-order chi connectivity index (χ0) is 13.6. The Morgan fingerprint density at radius 2 is 2.05 bits per heavy atom. The maximum atomic E-state index is 11.7. The van der Waals surface area contributed by atoms with Crippen LogP contribution in [0.25, 0.3) is 6.08 Å². The van der Waals surface area contributed by atoms with Gasteiger partial charge >= 0.3 is 0 Å². The molecule has 2 atom stereocenters. The lowest BCUT2D eigenvalue weighted by atomic mass is 9.83. The number of Topliss-reactive ketones (excluding diaryl/α,β-unsaturated/α-hetero) is 1. The van der Waals surface area contributed by atoms with Crippen molar-refractivity contribution < 1.29 is 15.0 Å². The second-order valence-corrected chi connectivity index (χ2v) is 4.71. The highest BCUT2D eigenvalue weighted by atomic mass is 16.3. The van der Waals surface area contributed by atoms with Gasteiger partial charge in [-0.3, -0.25) is 4.79 Å². The number of fused-ring (bicyclic) bond motifs is 1. The number of para-hydroxylation sites is 1. The highest BCUT2D eigenvalue weighted by Crippen LogP contribution is 2.36. The lowest BCUT2D eigenvalue weighted by Gasteiger charge is -2.39. The van der Waals surface area contributed by atoms with Crippen molar-refractivity contribution >= 4 is 17.5 Å². The molecule has 4 nitrogen and oxygen atoms in total. The lowest BCUT2D eigenvalue weighted by molar-refractivity contribution is -0.127. The predicted octanol–water partition coefficient (Wildman–Crippen LogP) is 1.66. The summed E-state index contributed by atoms with van der Waals surface area (Å²) in [6.45, 7) is 2.71. The molecule has 0 amide bonds. The van der Waals surface area contributed by atoms with E-state index in [1.54, 1.807) is 0 Å². The van der Waals surface area contributed by atoms with Crippen LogP contribution in [-0.2, 0) is 4.79 Å². The van der Waals surface area contributed by atoms with E-state index in [1.807, 2.05) is 48.2 Å². The Labute approximate surface area is 111 Å². The summed E-state index contributed by atoms with van der Waals surface area (Å²) >= 11 is 0. The number of rotatable bonds is 2. The molecule has 2 unspecified atom stereocenters. The summed E-state index contributed by atoms with van der Waals surface area (Å²) in [7, 11) is 0. The van der Waals surface area contributed by atoms with Crippen molar-refractivity contribution in [1.29, 1.82) is 0 Å². The first-order valence-corrected chi connectivity index (χ1v) is 6.34. The zero-order valence-corrected chi connectivity index (χ0v) is 10.6. The van der Waals surface area contributed by atoms with Crippen LogP contribution in [0.2, 0.25) is 0 Å². The third-order valence-corrected chi connectivity index (χ3v) is 3.73. The monoisotopic (exact) mass is 257 g/mol. The minimum Gasteiger partial charge on any atom is -0.509 e. The van der Waals surface area contributed by atoms with Crippen LogP contribution in [0.3, 0.4) is 0 Å². The topological polar surface area (TPSA) is 60.8 Å². The van der Waals surface area contributed by atoms with Gasteiger partial charge in [0.1, 0.15) is 5.76 Å². The number of carbonyl (C=O) groups excluding carboxylic acids is 1. The number of hydrogen-bond acceptors (Lipinski definition) is 4. The van der Waals surface area contributed by atoms with Crippen molar-refractivity contribution in [2.75, 3.05) is 11.4 Å². The van der Waals surface area contributed by atoms with Crippen molar-refractivity contribution in [3.8, 4) is 0 Å². The van der Waals surface area contributed by atoms with Crippen LogP contribution in [0.15, 0.2) is 41.7 Å². The van der Waals surface area contributed by atoms with Gasteiger partial charge in [-0.1, -0.05) is 30.4 Å². The fourth-order valence-electron chi connectivity index (χ4n) is 2.72. The van der Waals surface area contributed by atoms with Crippen LogP contribution in [0, 0.1) is 0 Å². The van der Waals surface area contributed by atoms with Crippen molar-refractivity contribution in [2.24, 2.45) is 0 Å². The number of ketones is 1. The Morgan fingerprint density at radius 1 is 1.32 bits per heavy atom. The van der Waals surface area contributed by atoms with Gasteiger partial charge in [0.15, 0.2) is 6.10 Å². The van der Waals surface area contributed by atoms with Gasteiger partial charge in [-0.05, 0) is 18.6 Å². The fourth-order valence-corrected chi connectivity index (χ4v) is 2.72. The van der Waals surface area contributed by atoms with Gasteiger partial charge in [0, 0.05) is 12.2 Å². The van der Waals surface area contributed by atoms with Crippen molar-refractivity contribution in [3.63, 3.8) is 0 Å². The van der Waals surface area contributed by atoms with Crippen LogP contribution >= 0.6 is 0 Å². The van der Waals surface area contributed by atoms with E-state index < -0.39 is 6.10 Å². The first-order chi connectivity index (χ1) is 9.15. The van der Waals surface area contributed by atoms with Crippen molar-refractivity contribution in [1.82, 2.24) is 0 Å². The van der Waals surface area contributed by atoms with E-state index in [-0.39, 0.29) is 17.6 Å². The second-order valence-electron chi connectivity index (χ2n) is 4.71. The summed E-state index contributed by atoms with van der Waals surface area (Å²) in [6.07, 6.45) is 2.50. The summed E-state index contributed by atoms with van der Waals surface area (Å²) in [4.78, 5) is 13.8. The third kappa shape index (κ3) is 1.60. The third-order valence-electron chi connectivity index (χ3n) is 3.73. The highest BCUT2D eigenvalue weighted by Gasteiger charge is 2.43. The molecule has 3 rings (SSSR count). The Hall–Kier alpha value is -2.07. The van der Waals surface area contributed by atoms with Gasteiger partial charge in [0.05, 0.1) is 11.6 Å². The van der Waals surface area contributed by atoms with Gasteiger partial charge in [-0.2, -0.15) is 0 Å². The first kappa shape index (κ1) is 12.0. The number of hydrogen-bond donors (Lipinski definition) is 2. The van der Waals surface area contributed by atoms with E-state index in [4.69, 9.17) is 0 Å². The zero-order valence-electron chi connectivity index (χ0n) is 10.6. The number of carbonyl (C=O) groups is 1. The van der Waals surface area contributed by atoms with Crippen LogP contribution in [0.1, 0.15) is 12.5 Å². The molecule has 1 aromatic rings. The van der Waals surface area contributed by atoms with E-state index in [0.717, 1.165) is 11.3 Å². The average Bonchev–Trinajstić information content (AvgIpc) is 2.46. The molecule has 2 N–H and O–H groups in total. The molecule has 2 aliphatic rings. The SMILES string of the molecule is CCN1c2ccccc2C=CC1C1=C(O)C(O)C1=O. The van der Waals surface area contributed by atoms with Crippen LogP contribution in [0.5, 0.6) is 0 Å². The van der Waals surface area contributed by atoms with Gasteiger partial charge in [-0.25, -0.2) is 0 Å². The maximum absolute atomic E-state index is 11.7. The fraction of sp³-hybridized carbons (Fsp3) is 0.267. The molecule has 0 saturated heterocycles. The lowest BCUT2D eigenvalue weighted by Crippen LogP contribution is -2.48. The highest BCUT2D eigenvalue weighted by molar-refractivity contribution is 6.10.